The van der Waals surface area contributed by atoms with E-state index in [1.54, 1.807) is 12.1 Å². The third-order valence-electron chi connectivity index (χ3n) is 6.77. The van der Waals surface area contributed by atoms with E-state index in [9.17, 15) is 14.4 Å². The Labute approximate surface area is 176 Å². The molecule has 2 saturated carbocycles. The zero-order valence-corrected chi connectivity index (χ0v) is 17.4. The Morgan fingerprint density at radius 2 is 1.63 bits per heavy atom. The second-order valence-electron chi connectivity index (χ2n) is 8.52. The van der Waals surface area contributed by atoms with Crippen molar-refractivity contribution < 1.29 is 19.1 Å². The standard InChI is InChI=1S/C25H27NO4/c1-15-7-6-10-20(16(15)2)26-21(27)14-30-25(29)23-19-12-11-18(13-19)22(23)24(28)17-8-4-3-5-9-17/h3-10,18-19,22-23H,11-14H2,1-2H3,(H,26,27)/t18-,19-,22-,23-/m0/s1. The quantitative estimate of drug-likeness (QED) is 0.573. The number of esters is 1. The normalized spacial score (nSPS) is 24.5. The van der Waals surface area contributed by atoms with Crippen LogP contribution in [0.1, 0.15) is 40.7 Å². The molecular formula is C25H27NO4. The van der Waals surface area contributed by atoms with Crippen molar-refractivity contribution >= 4 is 23.3 Å². The van der Waals surface area contributed by atoms with Gasteiger partial charge in [-0.2, -0.15) is 0 Å². The van der Waals surface area contributed by atoms with Gasteiger partial charge in [0.1, 0.15) is 0 Å². The van der Waals surface area contributed by atoms with Crippen LogP contribution in [0.3, 0.4) is 0 Å². The van der Waals surface area contributed by atoms with E-state index in [0.29, 0.717) is 11.3 Å². The number of ketones is 1. The van der Waals surface area contributed by atoms with Crippen LogP contribution < -0.4 is 5.32 Å². The molecule has 0 radical (unpaired) electrons. The summed E-state index contributed by atoms with van der Waals surface area (Å²) in [6, 6.07) is 14.8. The molecule has 156 valence electrons. The highest BCUT2D eigenvalue weighted by Crippen LogP contribution is 2.53. The molecule has 30 heavy (non-hydrogen) atoms. The lowest BCUT2D eigenvalue weighted by atomic mass is 9.75. The number of ether oxygens (including phenoxy) is 1. The van der Waals surface area contributed by atoms with Crippen molar-refractivity contribution in [3.8, 4) is 0 Å². The second-order valence-corrected chi connectivity index (χ2v) is 8.52. The molecule has 2 aromatic carbocycles. The maximum atomic E-state index is 13.1. The van der Waals surface area contributed by atoms with Crippen LogP contribution in [-0.2, 0) is 14.3 Å². The Hall–Kier alpha value is -2.95. The molecule has 0 heterocycles. The molecule has 4 atom stereocenters. The Bertz CT molecular complexity index is 968. The van der Waals surface area contributed by atoms with E-state index in [1.807, 2.05) is 50.2 Å². The summed E-state index contributed by atoms with van der Waals surface area (Å²) in [5.74, 6) is -1.18. The van der Waals surface area contributed by atoms with Crippen LogP contribution >= 0.6 is 0 Å². The van der Waals surface area contributed by atoms with Crippen molar-refractivity contribution in [2.45, 2.75) is 33.1 Å². The van der Waals surface area contributed by atoms with Gasteiger partial charge in [0.15, 0.2) is 12.4 Å². The predicted octanol–water partition coefficient (Wildman–Crippen LogP) is 4.33. The second kappa shape index (κ2) is 8.42. The fraction of sp³-hybridized carbons (Fsp3) is 0.400. The lowest BCUT2D eigenvalue weighted by Crippen LogP contribution is -2.37. The van der Waals surface area contributed by atoms with Crippen molar-refractivity contribution in [2.75, 3.05) is 11.9 Å². The number of anilines is 1. The largest absolute Gasteiger partial charge is 0.455 e. The lowest BCUT2D eigenvalue weighted by molar-refractivity contribution is -0.154. The summed E-state index contributed by atoms with van der Waals surface area (Å²) < 4.78 is 5.40. The molecule has 2 fully saturated rings. The van der Waals surface area contributed by atoms with Crippen LogP contribution in [0.4, 0.5) is 5.69 Å². The van der Waals surface area contributed by atoms with Gasteiger partial charge in [-0.15, -0.1) is 0 Å². The summed E-state index contributed by atoms with van der Waals surface area (Å²) in [5, 5.41) is 2.81. The highest BCUT2D eigenvalue weighted by Gasteiger charge is 2.54. The molecule has 0 aliphatic heterocycles. The van der Waals surface area contributed by atoms with Crippen LogP contribution in [0.5, 0.6) is 0 Å². The molecule has 0 unspecified atom stereocenters. The number of benzene rings is 2. The first-order valence-corrected chi connectivity index (χ1v) is 10.6. The van der Waals surface area contributed by atoms with Crippen molar-refractivity contribution in [3.05, 3.63) is 65.2 Å². The number of rotatable bonds is 6. The van der Waals surface area contributed by atoms with E-state index in [0.717, 1.165) is 30.4 Å². The predicted molar refractivity (Wildman–Crippen MR) is 114 cm³/mol. The van der Waals surface area contributed by atoms with Crippen molar-refractivity contribution in [1.29, 1.82) is 0 Å². The molecule has 2 aromatic rings. The number of amides is 1. The zero-order valence-electron chi connectivity index (χ0n) is 17.4. The molecule has 0 aromatic heterocycles. The molecule has 2 bridgehead atoms. The van der Waals surface area contributed by atoms with Crippen molar-refractivity contribution in [2.24, 2.45) is 23.7 Å². The Balaban J connectivity index is 1.41. The molecule has 1 amide bonds. The molecule has 0 saturated heterocycles. The number of hydrogen-bond donors (Lipinski definition) is 1. The summed E-state index contributed by atoms with van der Waals surface area (Å²) in [7, 11) is 0. The number of aryl methyl sites for hydroxylation is 1. The van der Waals surface area contributed by atoms with Gasteiger partial charge in [0.05, 0.1) is 5.92 Å². The molecule has 5 heteroatoms. The van der Waals surface area contributed by atoms with Crippen LogP contribution in [0, 0.1) is 37.5 Å². The molecule has 1 N–H and O–H groups in total. The average molecular weight is 405 g/mol. The van der Waals surface area contributed by atoms with Gasteiger partial charge in [0.25, 0.3) is 5.91 Å². The van der Waals surface area contributed by atoms with Crippen LogP contribution in [0.15, 0.2) is 48.5 Å². The number of Topliss-reactive ketones (excluding diaryl/α,β-unsaturated/α-hetero) is 1. The first kappa shape index (κ1) is 20.3. The molecule has 4 rings (SSSR count). The van der Waals surface area contributed by atoms with Crippen LogP contribution in [0.2, 0.25) is 0 Å². The monoisotopic (exact) mass is 405 g/mol. The SMILES string of the molecule is Cc1cccc(NC(=O)COC(=O)[C@H]2[C@H]3CC[C@@H](C3)[C@@H]2C(=O)c2ccccc2)c1C. The molecule has 2 aliphatic rings. The van der Waals surface area contributed by atoms with Gasteiger partial charge in [-0.3, -0.25) is 14.4 Å². The number of carbonyl (C=O) groups excluding carboxylic acids is 3. The number of fused-ring (bicyclic) bond motifs is 2. The smallest absolute Gasteiger partial charge is 0.310 e. The Kier molecular flexibility index (Phi) is 5.71. The minimum atomic E-state index is -0.454. The van der Waals surface area contributed by atoms with Crippen LogP contribution in [-0.4, -0.2) is 24.3 Å². The molecule has 5 nitrogen and oxygen atoms in total. The Morgan fingerprint density at radius 3 is 2.37 bits per heavy atom. The highest BCUT2D eigenvalue weighted by atomic mass is 16.5. The summed E-state index contributed by atoms with van der Waals surface area (Å²) in [4.78, 5) is 38.4. The average Bonchev–Trinajstić information content (AvgIpc) is 3.37. The van der Waals surface area contributed by atoms with Crippen LogP contribution in [0.25, 0.3) is 0 Å². The Morgan fingerprint density at radius 1 is 0.933 bits per heavy atom. The summed E-state index contributed by atoms with van der Waals surface area (Å²) in [6.45, 7) is 3.57. The maximum absolute atomic E-state index is 13.1. The summed E-state index contributed by atoms with van der Waals surface area (Å²) >= 11 is 0. The number of hydrogen-bond acceptors (Lipinski definition) is 4. The van der Waals surface area contributed by atoms with Gasteiger partial charge < -0.3 is 10.1 Å². The van der Waals surface area contributed by atoms with E-state index >= 15 is 0 Å². The number of nitrogens with one attached hydrogen (secondary N) is 1. The van der Waals surface area contributed by atoms with E-state index in [2.05, 4.69) is 5.32 Å². The van der Waals surface area contributed by atoms with Gasteiger partial charge >= 0.3 is 5.97 Å². The fourth-order valence-corrected chi connectivity index (χ4v) is 5.11. The van der Waals surface area contributed by atoms with Gasteiger partial charge in [0.2, 0.25) is 0 Å². The summed E-state index contributed by atoms with van der Waals surface area (Å²) in [5.41, 5.74) is 3.42. The van der Waals surface area contributed by atoms with Crippen molar-refractivity contribution in [3.63, 3.8) is 0 Å². The van der Waals surface area contributed by atoms with Crippen molar-refractivity contribution in [1.82, 2.24) is 0 Å². The number of carbonyl (C=O) groups is 3. The molecule has 0 spiro atoms. The van der Waals surface area contributed by atoms with Gasteiger partial charge in [-0.05, 0) is 62.1 Å². The maximum Gasteiger partial charge on any atom is 0.310 e. The van der Waals surface area contributed by atoms with E-state index in [-0.39, 0.29) is 36.1 Å². The van der Waals surface area contributed by atoms with E-state index < -0.39 is 11.9 Å². The first-order chi connectivity index (χ1) is 14.5. The molecule has 2 aliphatic carbocycles. The van der Waals surface area contributed by atoms with Gasteiger partial charge in [0, 0.05) is 17.2 Å². The fourth-order valence-electron chi connectivity index (χ4n) is 5.11. The topological polar surface area (TPSA) is 72.5 Å². The van der Waals surface area contributed by atoms with Gasteiger partial charge in [-0.1, -0.05) is 42.5 Å². The van der Waals surface area contributed by atoms with E-state index in [4.69, 9.17) is 4.74 Å². The third-order valence-corrected chi connectivity index (χ3v) is 6.77. The third kappa shape index (κ3) is 3.89. The van der Waals surface area contributed by atoms with Gasteiger partial charge in [-0.25, -0.2) is 0 Å². The minimum Gasteiger partial charge on any atom is -0.455 e. The molecular weight excluding hydrogens is 378 g/mol. The lowest BCUT2D eigenvalue weighted by Gasteiger charge is -2.28. The summed E-state index contributed by atoms with van der Waals surface area (Å²) in [6.07, 6.45) is 2.81. The zero-order chi connectivity index (χ0) is 21.3. The van der Waals surface area contributed by atoms with E-state index in [1.165, 1.54) is 0 Å². The first-order valence-electron chi connectivity index (χ1n) is 10.6. The highest BCUT2D eigenvalue weighted by molar-refractivity contribution is 6.01. The minimum absolute atomic E-state index is 0.0181.